The molecule has 1 aliphatic carbocycles. The number of allylic oxidation sites excluding steroid dienone is 3. The topological polar surface area (TPSA) is 50.7 Å². The van der Waals surface area contributed by atoms with Crippen molar-refractivity contribution in [1.82, 2.24) is 0 Å². The Bertz CT molecular complexity index is 1150. The quantitative estimate of drug-likeness (QED) is 0.414. The maximum atomic E-state index is 6.36. The van der Waals surface area contributed by atoms with Gasteiger partial charge in [0.05, 0.1) is 0 Å². The van der Waals surface area contributed by atoms with E-state index in [2.05, 4.69) is 79.8 Å². The molecule has 0 bridgehead atoms. The SMILES string of the molecule is Cc1cccc(-c2cccc(C(N=C(N)c3ccccc3)=NCC3C=CC=CC3)c2)c1. The largest absolute Gasteiger partial charge is 0.383 e. The molecule has 0 heterocycles. The fourth-order valence-electron chi connectivity index (χ4n) is 3.61. The summed E-state index contributed by atoms with van der Waals surface area (Å²) >= 11 is 0. The molecule has 154 valence electrons. The van der Waals surface area contributed by atoms with Crippen molar-refractivity contribution in [1.29, 1.82) is 0 Å². The molecule has 3 heteroatoms. The Kier molecular flexibility index (Phi) is 6.53. The van der Waals surface area contributed by atoms with Crippen LogP contribution in [0.5, 0.6) is 0 Å². The second-order valence-electron chi connectivity index (χ2n) is 7.79. The van der Waals surface area contributed by atoms with Crippen molar-refractivity contribution in [2.75, 3.05) is 6.54 Å². The van der Waals surface area contributed by atoms with Gasteiger partial charge in [0.15, 0.2) is 5.84 Å². The monoisotopic (exact) mass is 405 g/mol. The standard InChI is InChI=1S/C28H27N3/c1-21-10-8-15-24(18-21)25-16-9-17-26(19-25)28(30-20-22-11-4-2-5-12-22)31-27(29)23-13-6-3-7-14-23/h2-11,13-19,22H,12,20H2,1H3,(H2,29,30,31). The molecule has 0 saturated carbocycles. The predicted octanol–water partition coefficient (Wildman–Crippen LogP) is 5.95. The number of aliphatic imine (C=N–C) groups is 2. The van der Waals surface area contributed by atoms with E-state index in [-0.39, 0.29) is 0 Å². The van der Waals surface area contributed by atoms with Crippen LogP contribution >= 0.6 is 0 Å². The summed E-state index contributed by atoms with van der Waals surface area (Å²) in [6.07, 6.45) is 9.55. The van der Waals surface area contributed by atoms with E-state index in [0.29, 0.717) is 24.1 Å². The number of hydrogen-bond donors (Lipinski definition) is 1. The number of nitrogens with two attached hydrogens (primary N) is 1. The van der Waals surface area contributed by atoms with Gasteiger partial charge >= 0.3 is 0 Å². The van der Waals surface area contributed by atoms with Gasteiger partial charge in [0.2, 0.25) is 0 Å². The second kappa shape index (κ2) is 9.86. The maximum absolute atomic E-state index is 6.36. The summed E-state index contributed by atoms with van der Waals surface area (Å²) in [7, 11) is 0. The highest BCUT2D eigenvalue weighted by Gasteiger charge is 2.10. The molecule has 3 aromatic rings. The predicted molar refractivity (Wildman–Crippen MR) is 132 cm³/mol. The van der Waals surface area contributed by atoms with E-state index >= 15 is 0 Å². The van der Waals surface area contributed by atoms with Crippen molar-refractivity contribution < 1.29 is 0 Å². The van der Waals surface area contributed by atoms with Crippen LogP contribution in [0.2, 0.25) is 0 Å². The minimum absolute atomic E-state index is 0.383. The van der Waals surface area contributed by atoms with E-state index in [1.807, 2.05) is 30.3 Å². The van der Waals surface area contributed by atoms with Gasteiger partial charge in [0.1, 0.15) is 5.84 Å². The maximum Gasteiger partial charge on any atom is 0.157 e. The summed E-state index contributed by atoms with van der Waals surface area (Å²) in [6.45, 7) is 2.79. The highest BCUT2D eigenvalue weighted by molar-refractivity contribution is 6.11. The van der Waals surface area contributed by atoms with Crippen molar-refractivity contribution in [2.24, 2.45) is 21.6 Å². The van der Waals surface area contributed by atoms with Gasteiger partial charge in [-0.2, -0.15) is 0 Å². The second-order valence-corrected chi connectivity index (χ2v) is 7.79. The summed E-state index contributed by atoms with van der Waals surface area (Å²) in [5.41, 5.74) is 11.8. The molecule has 0 fully saturated rings. The van der Waals surface area contributed by atoms with Crippen LogP contribution in [0, 0.1) is 12.8 Å². The van der Waals surface area contributed by atoms with Gasteiger partial charge in [-0.05, 0) is 30.5 Å². The minimum Gasteiger partial charge on any atom is -0.383 e. The normalized spacial score (nSPS) is 16.5. The first-order valence-corrected chi connectivity index (χ1v) is 10.6. The smallest absolute Gasteiger partial charge is 0.157 e. The Morgan fingerprint density at radius 1 is 0.871 bits per heavy atom. The number of benzene rings is 3. The first-order valence-electron chi connectivity index (χ1n) is 10.6. The molecule has 0 saturated heterocycles. The molecule has 1 unspecified atom stereocenters. The molecule has 3 aromatic carbocycles. The van der Waals surface area contributed by atoms with E-state index in [1.165, 1.54) is 11.1 Å². The highest BCUT2D eigenvalue weighted by atomic mass is 15.0. The van der Waals surface area contributed by atoms with Crippen LogP contribution in [0.25, 0.3) is 11.1 Å². The molecule has 0 radical (unpaired) electrons. The molecule has 31 heavy (non-hydrogen) atoms. The Morgan fingerprint density at radius 2 is 1.61 bits per heavy atom. The molecule has 2 N–H and O–H groups in total. The van der Waals surface area contributed by atoms with E-state index in [1.54, 1.807) is 0 Å². The van der Waals surface area contributed by atoms with Crippen molar-refractivity contribution in [3.05, 3.63) is 120 Å². The van der Waals surface area contributed by atoms with Gasteiger partial charge in [0, 0.05) is 23.6 Å². The molecule has 3 nitrogen and oxygen atoms in total. The number of rotatable bonds is 5. The molecule has 0 aliphatic heterocycles. The van der Waals surface area contributed by atoms with Crippen LogP contribution in [0.3, 0.4) is 0 Å². The molecule has 1 atom stereocenters. The van der Waals surface area contributed by atoms with Crippen molar-refractivity contribution >= 4 is 11.7 Å². The first kappa shape index (κ1) is 20.5. The summed E-state index contributed by atoms with van der Waals surface area (Å²) in [5, 5.41) is 0. The number of hydrogen-bond acceptors (Lipinski definition) is 1. The average Bonchev–Trinajstić information content (AvgIpc) is 2.83. The van der Waals surface area contributed by atoms with Crippen LogP contribution in [0.15, 0.2) is 113 Å². The molecular formula is C28H27N3. The third-order valence-electron chi connectivity index (χ3n) is 5.31. The van der Waals surface area contributed by atoms with Crippen LogP contribution in [-0.4, -0.2) is 18.2 Å². The number of amidine groups is 2. The number of aryl methyl sites for hydroxylation is 1. The van der Waals surface area contributed by atoms with Crippen LogP contribution in [0.4, 0.5) is 0 Å². The van der Waals surface area contributed by atoms with Gasteiger partial charge in [-0.3, -0.25) is 4.99 Å². The number of nitrogens with zero attached hydrogens (tertiary/aromatic N) is 2. The Labute approximate surface area is 184 Å². The molecule has 1 aliphatic rings. The molecule has 0 spiro atoms. The van der Waals surface area contributed by atoms with E-state index in [4.69, 9.17) is 15.7 Å². The summed E-state index contributed by atoms with van der Waals surface area (Å²) in [6, 6.07) is 26.7. The fraction of sp³-hybridized carbons (Fsp3) is 0.143. The lowest BCUT2D eigenvalue weighted by Gasteiger charge is -2.12. The molecule has 0 aromatic heterocycles. The van der Waals surface area contributed by atoms with Gasteiger partial charge in [0.25, 0.3) is 0 Å². The fourth-order valence-corrected chi connectivity index (χ4v) is 3.61. The van der Waals surface area contributed by atoms with Crippen molar-refractivity contribution in [3.8, 4) is 11.1 Å². The lowest BCUT2D eigenvalue weighted by atomic mass is 10.0. The Balaban J connectivity index is 1.71. The summed E-state index contributed by atoms with van der Waals surface area (Å²) < 4.78 is 0. The van der Waals surface area contributed by atoms with E-state index < -0.39 is 0 Å². The van der Waals surface area contributed by atoms with Crippen molar-refractivity contribution in [2.45, 2.75) is 13.3 Å². The van der Waals surface area contributed by atoms with Gasteiger partial charge in [-0.1, -0.05) is 103 Å². The zero-order chi connectivity index (χ0) is 21.5. The zero-order valence-corrected chi connectivity index (χ0v) is 17.8. The third-order valence-corrected chi connectivity index (χ3v) is 5.31. The third kappa shape index (κ3) is 5.46. The molecular weight excluding hydrogens is 378 g/mol. The Morgan fingerprint density at radius 3 is 2.35 bits per heavy atom. The van der Waals surface area contributed by atoms with Gasteiger partial charge in [-0.15, -0.1) is 0 Å². The van der Waals surface area contributed by atoms with Gasteiger partial charge < -0.3 is 5.73 Å². The first-order chi connectivity index (χ1) is 15.2. The highest BCUT2D eigenvalue weighted by Crippen LogP contribution is 2.22. The van der Waals surface area contributed by atoms with E-state index in [0.717, 1.165) is 23.1 Å². The summed E-state index contributed by atoms with van der Waals surface area (Å²) in [4.78, 5) is 9.66. The Hall–Kier alpha value is -3.72. The van der Waals surface area contributed by atoms with Gasteiger partial charge in [-0.25, -0.2) is 4.99 Å². The van der Waals surface area contributed by atoms with Crippen LogP contribution in [-0.2, 0) is 0 Å². The van der Waals surface area contributed by atoms with Crippen LogP contribution in [0.1, 0.15) is 23.1 Å². The zero-order valence-electron chi connectivity index (χ0n) is 17.8. The average molecular weight is 406 g/mol. The van der Waals surface area contributed by atoms with Crippen molar-refractivity contribution in [3.63, 3.8) is 0 Å². The molecule has 0 amide bonds. The minimum atomic E-state index is 0.383. The van der Waals surface area contributed by atoms with Crippen LogP contribution < -0.4 is 5.73 Å². The van der Waals surface area contributed by atoms with E-state index in [9.17, 15) is 0 Å². The molecule has 4 rings (SSSR count). The lowest BCUT2D eigenvalue weighted by Crippen LogP contribution is -2.17. The lowest BCUT2D eigenvalue weighted by molar-refractivity contribution is 0.670. The summed E-state index contributed by atoms with van der Waals surface area (Å²) in [5.74, 6) is 1.52.